The highest BCUT2D eigenvalue weighted by atomic mass is 79.9. The summed E-state index contributed by atoms with van der Waals surface area (Å²) in [6.45, 7) is 2.54. The van der Waals surface area contributed by atoms with E-state index in [0.29, 0.717) is 17.1 Å². The third-order valence-corrected chi connectivity index (χ3v) is 4.56. The first-order chi connectivity index (χ1) is 9.50. The van der Waals surface area contributed by atoms with Crippen molar-refractivity contribution in [3.63, 3.8) is 0 Å². The second-order valence-corrected chi connectivity index (χ2v) is 6.09. The van der Waals surface area contributed by atoms with Crippen LogP contribution < -0.4 is 5.32 Å². The Bertz CT molecular complexity index is 619. The molecule has 0 radical (unpaired) electrons. The highest BCUT2D eigenvalue weighted by Gasteiger charge is 2.16. The molecule has 2 rings (SSSR count). The van der Waals surface area contributed by atoms with Crippen molar-refractivity contribution >= 4 is 39.1 Å². The first kappa shape index (κ1) is 15.8. The van der Waals surface area contributed by atoms with E-state index in [1.54, 1.807) is 0 Å². The van der Waals surface area contributed by atoms with Crippen molar-refractivity contribution in [2.45, 2.75) is 19.5 Å². The van der Waals surface area contributed by atoms with Crippen LogP contribution in [0.1, 0.15) is 24.1 Å². The first-order valence-electron chi connectivity index (χ1n) is 6.11. The Balaban J connectivity index is 2.15. The predicted molar refractivity (Wildman–Crippen MR) is 85.8 cm³/mol. The van der Waals surface area contributed by atoms with Crippen LogP contribution in [0, 0.1) is 5.82 Å². The largest absolute Gasteiger partial charge is 0.306 e. The summed E-state index contributed by atoms with van der Waals surface area (Å²) in [5, 5.41) is 3.83. The summed E-state index contributed by atoms with van der Waals surface area (Å²) in [4.78, 5) is 0. The zero-order valence-corrected chi connectivity index (χ0v) is 13.9. The molecule has 1 nitrogen and oxygen atoms in total. The van der Waals surface area contributed by atoms with Crippen LogP contribution in [0.2, 0.25) is 10.0 Å². The van der Waals surface area contributed by atoms with Gasteiger partial charge in [0.2, 0.25) is 0 Å². The highest BCUT2D eigenvalue weighted by molar-refractivity contribution is 9.10. The first-order valence-corrected chi connectivity index (χ1v) is 7.65. The average Bonchev–Trinajstić information content (AvgIpc) is 2.42. The van der Waals surface area contributed by atoms with Crippen LogP contribution in [0.25, 0.3) is 0 Å². The van der Waals surface area contributed by atoms with Crippen molar-refractivity contribution in [1.82, 2.24) is 5.32 Å². The third kappa shape index (κ3) is 3.53. The van der Waals surface area contributed by atoms with Gasteiger partial charge in [-0.2, -0.15) is 0 Å². The Morgan fingerprint density at radius 3 is 2.60 bits per heavy atom. The quantitative estimate of drug-likeness (QED) is 0.670. The molecule has 0 aromatic heterocycles. The lowest BCUT2D eigenvalue weighted by Crippen LogP contribution is -2.19. The molecule has 1 unspecified atom stereocenters. The molecule has 0 fully saturated rings. The van der Waals surface area contributed by atoms with Crippen LogP contribution in [0.15, 0.2) is 40.9 Å². The van der Waals surface area contributed by atoms with Crippen molar-refractivity contribution < 1.29 is 4.39 Å². The molecule has 0 amide bonds. The zero-order valence-electron chi connectivity index (χ0n) is 10.8. The van der Waals surface area contributed by atoms with Gasteiger partial charge in [-0.25, -0.2) is 4.39 Å². The third-order valence-electron chi connectivity index (χ3n) is 3.07. The summed E-state index contributed by atoms with van der Waals surface area (Å²) in [6, 6.07) is 10.6. The lowest BCUT2D eigenvalue weighted by atomic mass is 10.1. The fourth-order valence-corrected chi connectivity index (χ4v) is 3.07. The average molecular weight is 377 g/mol. The molecule has 0 saturated carbocycles. The van der Waals surface area contributed by atoms with Crippen LogP contribution in [-0.4, -0.2) is 0 Å². The van der Waals surface area contributed by atoms with Gasteiger partial charge in [0, 0.05) is 27.6 Å². The number of benzene rings is 2. The lowest BCUT2D eigenvalue weighted by molar-refractivity contribution is 0.565. The monoisotopic (exact) mass is 375 g/mol. The van der Waals surface area contributed by atoms with Crippen molar-refractivity contribution in [3.05, 3.63) is 67.9 Å². The van der Waals surface area contributed by atoms with E-state index in [2.05, 4.69) is 21.2 Å². The standard InChI is InChI=1S/C15H13BrCl2FN/c1-9(14-12(17)6-7-13(19)15(14)18)20-8-10-4-2-3-5-11(10)16/h2-7,9,20H,8H2,1H3. The fourth-order valence-electron chi connectivity index (χ4n) is 1.95. The van der Waals surface area contributed by atoms with E-state index in [4.69, 9.17) is 23.2 Å². The minimum Gasteiger partial charge on any atom is -0.306 e. The molecular formula is C15H13BrCl2FN. The van der Waals surface area contributed by atoms with Gasteiger partial charge in [-0.05, 0) is 30.7 Å². The Labute approximate surface area is 136 Å². The topological polar surface area (TPSA) is 12.0 Å². The van der Waals surface area contributed by atoms with E-state index < -0.39 is 5.82 Å². The van der Waals surface area contributed by atoms with Gasteiger partial charge in [-0.3, -0.25) is 0 Å². The smallest absolute Gasteiger partial charge is 0.142 e. The highest BCUT2D eigenvalue weighted by Crippen LogP contribution is 2.32. The molecule has 20 heavy (non-hydrogen) atoms. The molecule has 0 aliphatic heterocycles. The van der Waals surface area contributed by atoms with E-state index >= 15 is 0 Å². The van der Waals surface area contributed by atoms with Crippen molar-refractivity contribution in [2.24, 2.45) is 0 Å². The van der Waals surface area contributed by atoms with E-state index in [1.807, 2.05) is 31.2 Å². The predicted octanol–water partition coefficient (Wildman–Crippen LogP) is 5.75. The van der Waals surface area contributed by atoms with Gasteiger partial charge in [0.15, 0.2) is 0 Å². The van der Waals surface area contributed by atoms with E-state index in [9.17, 15) is 4.39 Å². The molecule has 0 bridgehead atoms. The number of hydrogen-bond acceptors (Lipinski definition) is 1. The SMILES string of the molecule is CC(NCc1ccccc1Br)c1c(Cl)ccc(F)c1Cl. The van der Waals surface area contributed by atoms with Gasteiger partial charge in [-0.1, -0.05) is 57.3 Å². The maximum Gasteiger partial charge on any atom is 0.142 e. The summed E-state index contributed by atoms with van der Waals surface area (Å²) >= 11 is 15.6. The fraction of sp³-hybridized carbons (Fsp3) is 0.200. The minimum absolute atomic E-state index is 0.0737. The molecule has 1 atom stereocenters. The second-order valence-electron chi connectivity index (χ2n) is 4.45. The lowest BCUT2D eigenvalue weighted by Gasteiger charge is -2.18. The van der Waals surface area contributed by atoms with Gasteiger partial charge in [0.25, 0.3) is 0 Å². The second kappa shape index (κ2) is 6.90. The van der Waals surface area contributed by atoms with Gasteiger partial charge in [0.1, 0.15) is 5.82 Å². The zero-order chi connectivity index (χ0) is 14.7. The van der Waals surface area contributed by atoms with E-state index in [-0.39, 0.29) is 11.1 Å². The molecule has 0 heterocycles. The number of hydrogen-bond donors (Lipinski definition) is 1. The maximum atomic E-state index is 13.5. The molecule has 1 N–H and O–H groups in total. The van der Waals surface area contributed by atoms with Crippen LogP contribution in [-0.2, 0) is 6.54 Å². The Morgan fingerprint density at radius 1 is 1.20 bits per heavy atom. The molecular weight excluding hydrogens is 364 g/mol. The summed E-state index contributed by atoms with van der Waals surface area (Å²) in [7, 11) is 0. The molecule has 0 aliphatic rings. The number of nitrogens with one attached hydrogen (secondary N) is 1. The van der Waals surface area contributed by atoms with Gasteiger partial charge < -0.3 is 5.32 Å². The molecule has 5 heteroatoms. The van der Waals surface area contributed by atoms with Crippen molar-refractivity contribution in [1.29, 1.82) is 0 Å². The maximum absolute atomic E-state index is 13.5. The Kier molecular flexibility index (Phi) is 5.44. The molecule has 106 valence electrons. The van der Waals surface area contributed by atoms with Gasteiger partial charge in [-0.15, -0.1) is 0 Å². The summed E-state index contributed by atoms with van der Waals surface area (Å²) < 4.78 is 14.5. The number of halogens is 4. The molecule has 0 spiro atoms. The number of rotatable bonds is 4. The Hall–Kier alpha value is -0.610. The summed E-state index contributed by atoms with van der Waals surface area (Å²) in [5.41, 5.74) is 1.70. The summed E-state index contributed by atoms with van der Waals surface area (Å²) in [6.07, 6.45) is 0. The Morgan fingerprint density at radius 2 is 1.90 bits per heavy atom. The van der Waals surface area contributed by atoms with E-state index in [0.717, 1.165) is 10.0 Å². The normalized spacial score (nSPS) is 12.4. The molecule has 2 aromatic rings. The van der Waals surface area contributed by atoms with E-state index in [1.165, 1.54) is 12.1 Å². The van der Waals surface area contributed by atoms with Gasteiger partial charge in [0.05, 0.1) is 5.02 Å². The van der Waals surface area contributed by atoms with Crippen LogP contribution in [0.3, 0.4) is 0 Å². The summed E-state index contributed by atoms with van der Waals surface area (Å²) in [5.74, 6) is -0.458. The minimum atomic E-state index is -0.458. The van der Waals surface area contributed by atoms with Crippen LogP contribution in [0.4, 0.5) is 4.39 Å². The van der Waals surface area contributed by atoms with Crippen molar-refractivity contribution in [2.75, 3.05) is 0 Å². The van der Waals surface area contributed by atoms with Gasteiger partial charge >= 0.3 is 0 Å². The van der Waals surface area contributed by atoms with Crippen LogP contribution >= 0.6 is 39.1 Å². The van der Waals surface area contributed by atoms with Crippen molar-refractivity contribution in [3.8, 4) is 0 Å². The van der Waals surface area contributed by atoms with Crippen LogP contribution in [0.5, 0.6) is 0 Å². The molecule has 0 aliphatic carbocycles. The molecule has 0 saturated heterocycles. The molecule has 2 aromatic carbocycles.